The molecule has 7 heteroatoms. The van der Waals surface area contributed by atoms with Crippen LogP contribution < -0.4 is 14.8 Å². The Hall–Kier alpha value is -3.03. The van der Waals surface area contributed by atoms with E-state index >= 15 is 0 Å². The van der Waals surface area contributed by atoms with Gasteiger partial charge >= 0.3 is 0 Å². The molecule has 1 saturated carbocycles. The molecule has 1 aliphatic heterocycles. The Kier molecular flexibility index (Phi) is 9.47. The van der Waals surface area contributed by atoms with Crippen molar-refractivity contribution in [3.8, 4) is 17.2 Å². The standard InChI is InChI=1S/C30H41N3O4/c1-22(17-23-9-5-4-6-10-23)20-33(30(35)24-18-27(34)29(37-3)28(19-24)36-2)16-8-15-32-14-7-11-26(21-32)31-25-12-13-25/h4-6,9-10,17-19,25-26,31,34H,7-8,11-16,20-21H2,1-3H3/b22-17+. The molecule has 1 heterocycles. The largest absolute Gasteiger partial charge is 0.504 e. The Morgan fingerprint density at radius 3 is 2.62 bits per heavy atom. The summed E-state index contributed by atoms with van der Waals surface area (Å²) in [5, 5.41) is 14.2. The van der Waals surface area contributed by atoms with E-state index in [2.05, 4.69) is 35.3 Å². The van der Waals surface area contributed by atoms with Crippen molar-refractivity contribution in [2.45, 2.75) is 51.1 Å². The number of amides is 1. The number of methoxy groups -OCH3 is 2. The Balaban J connectivity index is 1.45. The minimum absolute atomic E-state index is 0.107. The zero-order valence-corrected chi connectivity index (χ0v) is 22.4. The number of benzene rings is 2. The molecule has 2 N–H and O–H groups in total. The lowest BCUT2D eigenvalue weighted by Gasteiger charge is -2.34. The fourth-order valence-corrected chi connectivity index (χ4v) is 5.15. The van der Waals surface area contributed by atoms with Crippen molar-refractivity contribution in [3.05, 3.63) is 59.2 Å². The highest BCUT2D eigenvalue weighted by atomic mass is 16.5. The average Bonchev–Trinajstić information content (AvgIpc) is 3.72. The van der Waals surface area contributed by atoms with Crippen LogP contribution in [0.3, 0.4) is 0 Å². The summed E-state index contributed by atoms with van der Waals surface area (Å²) in [6, 6.07) is 14.6. The second-order valence-electron chi connectivity index (χ2n) is 10.3. The lowest BCUT2D eigenvalue weighted by Crippen LogP contribution is -2.47. The number of phenols is 1. The number of carbonyl (C=O) groups excluding carboxylic acids is 1. The minimum Gasteiger partial charge on any atom is -0.504 e. The van der Waals surface area contributed by atoms with Crippen molar-refractivity contribution in [1.82, 2.24) is 15.1 Å². The van der Waals surface area contributed by atoms with Gasteiger partial charge in [-0.15, -0.1) is 0 Å². The molecule has 2 aromatic carbocycles. The van der Waals surface area contributed by atoms with Crippen LogP contribution in [0.1, 0.15) is 54.9 Å². The number of nitrogens with one attached hydrogen (secondary N) is 1. The monoisotopic (exact) mass is 507 g/mol. The predicted molar refractivity (Wildman–Crippen MR) is 147 cm³/mol. The summed E-state index contributed by atoms with van der Waals surface area (Å²) in [7, 11) is 2.97. The average molecular weight is 508 g/mol. The van der Waals surface area contributed by atoms with Gasteiger partial charge in [0.1, 0.15) is 0 Å². The van der Waals surface area contributed by atoms with Crippen LogP contribution in [0.15, 0.2) is 48.0 Å². The van der Waals surface area contributed by atoms with Crippen LogP contribution in [0.25, 0.3) is 6.08 Å². The molecule has 1 saturated heterocycles. The second kappa shape index (κ2) is 13.0. The van der Waals surface area contributed by atoms with E-state index in [0.717, 1.165) is 43.2 Å². The molecule has 2 aliphatic rings. The Labute approximate surface area is 221 Å². The van der Waals surface area contributed by atoms with E-state index in [1.165, 1.54) is 46.0 Å². The van der Waals surface area contributed by atoms with Gasteiger partial charge in [0, 0.05) is 37.3 Å². The van der Waals surface area contributed by atoms with Gasteiger partial charge < -0.3 is 29.7 Å². The van der Waals surface area contributed by atoms with Crippen molar-refractivity contribution in [1.29, 1.82) is 0 Å². The smallest absolute Gasteiger partial charge is 0.254 e. The summed E-state index contributed by atoms with van der Waals surface area (Å²) in [5.74, 6) is 0.322. The SMILES string of the molecule is COc1cc(C(=O)N(CCCN2CCCC(NC3CC3)C2)C/C(C)=C/c2ccccc2)cc(O)c1OC. The van der Waals surface area contributed by atoms with Crippen LogP contribution >= 0.6 is 0 Å². The van der Waals surface area contributed by atoms with Crippen molar-refractivity contribution in [2.24, 2.45) is 0 Å². The van der Waals surface area contributed by atoms with Crippen LogP contribution in [0, 0.1) is 0 Å². The summed E-state index contributed by atoms with van der Waals surface area (Å²) >= 11 is 0. The van der Waals surface area contributed by atoms with E-state index < -0.39 is 0 Å². The third-order valence-electron chi connectivity index (χ3n) is 7.10. The van der Waals surface area contributed by atoms with Crippen LogP contribution in [0.5, 0.6) is 17.2 Å². The summed E-state index contributed by atoms with van der Waals surface area (Å²) in [6.45, 7) is 6.36. The first-order chi connectivity index (χ1) is 18.0. The normalized spacial score (nSPS) is 18.5. The maximum absolute atomic E-state index is 13.7. The number of ether oxygens (including phenoxy) is 2. The molecule has 1 atom stereocenters. The number of likely N-dealkylation sites (tertiary alicyclic amines) is 1. The van der Waals surface area contributed by atoms with Gasteiger partial charge in [-0.05, 0) is 69.8 Å². The van der Waals surface area contributed by atoms with Gasteiger partial charge in [-0.1, -0.05) is 42.0 Å². The molecule has 2 fully saturated rings. The molecule has 1 aliphatic carbocycles. The highest BCUT2D eigenvalue weighted by Gasteiger charge is 2.27. The molecule has 0 aromatic heterocycles. The van der Waals surface area contributed by atoms with Gasteiger partial charge in [0.05, 0.1) is 14.2 Å². The van der Waals surface area contributed by atoms with Gasteiger partial charge in [0.2, 0.25) is 5.75 Å². The number of carbonyl (C=O) groups is 1. The van der Waals surface area contributed by atoms with Crippen LogP contribution in [-0.2, 0) is 0 Å². The topological polar surface area (TPSA) is 74.3 Å². The van der Waals surface area contributed by atoms with Crippen molar-refractivity contribution in [2.75, 3.05) is 46.9 Å². The molecule has 1 amide bonds. The van der Waals surface area contributed by atoms with E-state index in [1.807, 2.05) is 23.1 Å². The van der Waals surface area contributed by atoms with Crippen LogP contribution in [-0.4, -0.2) is 79.8 Å². The molecule has 4 rings (SSSR count). The highest BCUT2D eigenvalue weighted by Crippen LogP contribution is 2.37. The lowest BCUT2D eigenvalue weighted by atomic mass is 10.1. The fourth-order valence-electron chi connectivity index (χ4n) is 5.15. The van der Waals surface area contributed by atoms with Gasteiger partial charge in [0.25, 0.3) is 5.91 Å². The molecule has 1 unspecified atom stereocenters. The second-order valence-corrected chi connectivity index (χ2v) is 10.3. The quantitative estimate of drug-likeness (QED) is 0.439. The van der Waals surface area contributed by atoms with E-state index in [0.29, 0.717) is 30.4 Å². The zero-order valence-electron chi connectivity index (χ0n) is 22.4. The molecule has 2 aromatic rings. The Bertz CT molecular complexity index is 1070. The van der Waals surface area contributed by atoms with Crippen molar-refractivity contribution >= 4 is 12.0 Å². The molecule has 37 heavy (non-hydrogen) atoms. The number of rotatable bonds is 12. The summed E-state index contributed by atoms with van der Waals surface area (Å²) < 4.78 is 10.6. The summed E-state index contributed by atoms with van der Waals surface area (Å²) in [5.41, 5.74) is 2.59. The maximum atomic E-state index is 13.7. The van der Waals surface area contributed by atoms with Gasteiger partial charge in [-0.3, -0.25) is 4.79 Å². The number of aromatic hydroxyl groups is 1. The lowest BCUT2D eigenvalue weighted by molar-refractivity contribution is 0.0758. The molecular formula is C30H41N3O4. The van der Waals surface area contributed by atoms with Gasteiger partial charge in [-0.25, -0.2) is 0 Å². The number of hydrogen-bond acceptors (Lipinski definition) is 6. The van der Waals surface area contributed by atoms with Crippen LogP contribution in [0.4, 0.5) is 0 Å². The van der Waals surface area contributed by atoms with E-state index in [4.69, 9.17) is 9.47 Å². The predicted octanol–water partition coefficient (Wildman–Crippen LogP) is 4.56. The molecule has 7 nitrogen and oxygen atoms in total. The zero-order chi connectivity index (χ0) is 26.2. The van der Waals surface area contributed by atoms with Gasteiger partial charge in [-0.2, -0.15) is 0 Å². The highest BCUT2D eigenvalue weighted by molar-refractivity contribution is 5.96. The molecule has 0 spiro atoms. The summed E-state index contributed by atoms with van der Waals surface area (Å²) in [6.07, 6.45) is 8.11. The first-order valence-electron chi connectivity index (χ1n) is 13.4. The third kappa shape index (κ3) is 7.73. The minimum atomic E-state index is -0.135. The van der Waals surface area contributed by atoms with E-state index in [-0.39, 0.29) is 17.4 Å². The third-order valence-corrected chi connectivity index (χ3v) is 7.10. The van der Waals surface area contributed by atoms with E-state index in [1.54, 1.807) is 6.07 Å². The Morgan fingerprint density at radius 1 is 1.14 bits per heavy atom. The van der Waals surface area contributed by atoms with E-state index in [9.17, 15) is 9.90 Å². The summed E-state index contributed by atoms with van der Waals surface area (Å²) in [4.78, 5) is 18.1. The van der Waals surface area contributed by atoms with Crippen LogP contribution in [0.2, 0.25) is 0 Å². The maximum Gasteiger partial charge on any atom is 0.254 e. The number of piperidine rings is 1. The van der Waals surface area contributed by atoms with Crippen molar-refractivity contribution in [3.63, 3.8) is 0 Å². The number of phenolic OH excluding ortho intramolecular Hbond substituents is 1. The number of nitrogens with zero attached hydrogens (tertiary/aromatic N) is 2. The number of hydrogen-bond donors (Lipinski definition) is 2. The first-order valence-corrected chi connectivity index (χ1v) is 13.4. The van der Waals surface area contributed by atoms with Crippen molar-refractivity contribution < 1.29 is 19.4 Å². The Morgan fingerprint density at radius 2 is 1.92 bits per heavy atom. The molecular weight excluding hydrogens is 466 g/mol. The fraction of sp³-hybridized carbons (Fsp3) is 0.500. The molecule has 0 radical (unpaired) electrons. The van der Waals surface area contributed by atoms with Gasteiger partial charge in [0.15, 0.2) is 11.5 Å². The molecule has 200 valence electrons. The molecule has 0 bridgehead atoms. The first kappa shape index (κ1) is 27.0.